The zero-order chi connectivity index (χ0) is 20.4. The maximum absolute atomic E-state index is 13.3. The predicted octanol–water partition coefficient (Wildman–Crippen LogP) is 3.92. The van der Waals surface area contributed by atoms with Crippen molar-refractivity contribution in [1.29, 1.82) is 0 Å². The molecule has 0 spiro atoms. The van der Waals surface area contributed by atoms with Crippen LogP contribution in [-0.2, 0) is 4.74 Å². The number of carbonyl (C=O) groups excluding carboxylic acids is 1. The van der Waals surface area contributed by atoms with Gasteiger partial charge in [0.1, 0.15) is 0 Å². The molecule has 1 fully saturated rings. The summed E-state index contributed by atoms with van der Waals surface area (Å²) in [5, 5.41) is 3.41. The van der Waals surface area contributed by atoms with Crippen LogP contribution < -0.4 is 14.8 Å². The number of hydrogen-bond acceptors (Lipinski definition) is 5. The molecule has 1 heterocycles. The lowest BCUT2D eigenvalue weighted by Crippen LogP contribution is -2.51. The molecule has 0 saturated carbocycles. The molecule has 6 nitrogen and oxygen atoms in total. The van der Waals surface area contributed by atoms with Crippen molar-refractivity contribution in [2.24, 2.45) is 0 Å². The molecule has 1 atom stereocenters. The van der Waals surface area contributed by atoms with Gasteiger partial charge in [0.2, 0.25) is 0 Å². The molecule has 1 aliphatic heterocycles. The van der Waals surface area contributed by atoms with E-state index in [2.05, 4.69) is 26.1 Å². The minimum absolute atomic E-state index is 0. The molecule has 1 amide bonds. The molecule has 1 saturated heterocycles. The molecule has 0 unspecified atom stereocenters. The van der Waals surface area contributed by atoms with Crippen molar-refractivity contribution in [3.63, 3.8) is 0 Å². The average Bonchev–Trinajstić information content (AvgIpc) is 2.70. The maximum atomic E-state index is 13.3. The van der Waals surface area contributed by atoms with E-state index in [1.807, 2.05) is 23.1 Å². The maximum Gasteiger partial charge on any atom is 0.254 e. The molecule has 29 heavy (non-hydrogen) atoms. The molecule has 1 aliphatic rings. The number of piperidine rings is 1. The van der Waals surface area contributed by atoms with Crippen molar-refractivity contribution in [2.45, 2.75) is 58.5 Å². The van der Waals surface area contributed by atoms with Crippen LogP contribution in [0.5, 0.6) is 11.5 Å². The van der Waals surface area contributed by atoms with Crippen LogP contribution in [0.1, 0.15) is 56.8 Å². The van der Waals surface area contributed by atoms with Gasteiger partial charge < -0.3 is 24.4 Å². The second-order valence-electron chi connectivity index (χ2n) is 7.51. The van der Waals surface area contributed by atoms with Gasteiger partial charge in [0.25, 0.3) is 5.91 Å². The monoisotopic (exact) mass is 428 g/mol. The van der Waals surface area contributed by atoms with Crippen LogP contribution in [-0.4, -0.2) is 62.9 Å². The van der Waals surface area contributed by atoms with Gasteiger partial charge in [0.05, 0.1) is 13.2 Å². The van der Waals surface area contributed by atoms with Crippen LogP contribution in [0, 0.1) is 0 Å². The van der Waals surface area contributed by atoms with E-state index in [0.29, 0.717) is 36.9 Å². The van der Waals surface area contributed by atoms with Crippen LogP contribution in [0.2, 0.25) is 0 Å². The lowest BCUT2D eigenvalue weighted by Gasteiger charge is -2.37. The number of amides is 1. The Bertz CT molecular complexity index is 606. The molecule has 0 aliphatic carbocycles. The van der Waals surface area contributed by atoms with E-state index in [0.717, 1.165) is 38.8 Å². The topological polar surface area (TPSA) is 60.0 Å². The van der Waals surface area contributed by atoms with E-state index >= 15 is 0 Å². The summed E-state index contributed by atoms with van der Waals surface area (Å²) in [5.74, 6) is 1.36. The molecule has 0 aromatic heterocycles. The SMILES string of the molecule is CCCOc1ccc(C(=O)N(C(C)C)[C@@H]2CCCNC2)cc1OCCCOC.Cl. The number of halogens is 1. The van der Waals surface area contributed by atoms with Crippen LogP contribution in [0.25, 0.3) is 0 Å². The molecule has 1 aromatic rings. The first-order valence-electron chi connectivity index (χ1n) is 10.5. The lowest BCUT2D eigenvalue weighted by atomic mass is 10.0. The predicted molar refractivity (Wildman–Crippen MR) is 119 cm³/mol. The van der Waals surface area contributed by atoms with Gasteiger partial charge in [0.15, 0.2) is 11.5 Å². The fourth-order valence-electron chi connectivity index (χ4n) is 3.51. The van der Waals surface area contributed by atoms with E-state index in [-0.39, 0.29) is 30.4 Å². The second-order valence-corrected chi connectivity index (χ2v) is 7.51. The second kappa shape index (κ2) is 13.7. The highest BCUT2D eigenvalue weighted by Crippen LogP contribution is 2.30. The van der Waals surface area contributed by atoms with E-state index < -0.39 is 0 Å². The summed E-state index contributed by atoms with van der Waals surface area (Å²) in [5.41, 5.74) is 0.643. The molecular formula is C22H37ClN2O4. The number of nitrogens with one attached hydrogen (secondary N) is 1. The minimum Gasteiger partial charge on any atom is -0.490 e. The highest BCUT2D eigenvalue weighted by molar-refractivity contribution is 5.95. The molecule has 166 valence electrons. The fourth-order valence-corrected chi connectivity index (χ4v) is 3.51. The quantitative estimate of drug-likeness (QED) is 0.541. The molecule has 1 N–H and O–H groups in total. The third kappa shape index (κ3) is 7.68. The van der Waals surface area contributed by atoms with Gasteiger partial charge in [-0.15, -0.1) is 12.4 Å². The third-order valence-electron chi connectivity index (χ3n) is 4.86. The first-order chi connectivity index (χ1) is 13.6. The van der Waals surface area contributed by atoms with E-state index in [1.165, 1.54) is 0 Å². The Morgan fingerprint density at radius 3 is 2.59 bits per heavy atom. The van der Waals surface area contributed by atoms with Crippen molar-refractivity contribution in [3.8, 4) is 11.5 Å². The number of ether oxygens (including phenoxy) is 3. The number of methoxy groups -OCH3 is 1. The summed E-state index contributed by atoms with van der Waals surface area (Å²) < 4.78 is 16.8. The van der Waals surface area contributed by atoms with Gasteiger partial charge in [-0.3, -0.25) is 4.79 Å². The minimum atomic E-state index is 0. The number of nitrogens with zero attached hydrogens (tertiary/aromatic N) is 1. The van der Waals surface area contributed by atoms with E-state index in [1.54, 1.807) is 7.11 Å². The first-order valence-corrected chi connectivity index (χ1v) is 10.5. The Hall–Kier alpha value is -1.50. The Labute approximate surface area is 181 Å². The zero-order valence-corrected chi connectivity index (χ0v) is 19.1. The smallest absolute Gasteiger partial charge is 0.254 e. The van der Waals surface area contributed by atoms with Gasteiger partial charge in [-0.25, -0.2) is 0 Å². The number of carbonyl (C=O) groups is 1. The van der Waals surface area contributed by atoms with Crippen LogP contribution in [0.3, 0.4) is 0 Å². The van der Waals surface area contributed by atoms with Crippen LogP contribution >= 0.6 is 12.4 Å². The molecule has 0 radical (unpaired) electrons. The zero-order valence-electron chi connectivity index (χ0n) is 18.2. The van der Waals surface area contributed by atoms with Crippen molar-refractivity contribution < 1.29 is 19.0 Å². The van der Waals surface area contributed by atoms with Crippen molar-refractivity contribution in [1.82, 2.24) is 10.2 Å². The van der Waals surface area contributed by atoms with Crippen LogP contribution in [0.4, 0.5) is 0 Å². The standard InChI is InChI=1S/C22H36N2O4.ClH/c1-5-12-27-20-10-9-18(15-21(20)28-14-7-13-26-4)22(25)24(17(2)3)19-8-6-11-23-16-19;/h9-10,15,17,19,23H,5-8,11-14,16H2,1-4H3;1H/t19-;/m1./s1. The number of benzene rings is 1. The molecule has 1 aromatic carbocycles. The van der Waals surface area contributed by atoms with Crippen LogP contribution in [0.15, 0.2) is 18.2 Å². The first kappa shape index (κ1) is 25.5. The highest BCUT2D eigenvalue weighted by atomic mass is 35.5. The summed E-state index contributed by atoms with van der Waals surface area (Å²) in [6, 6.07) is 5.89. The Balaban J connectivity index is 0.00000420. The van der Waals surface area contributed by atoms with Gasteiger partial charge >= 0.3 is 0 Å². The van der Waals surface area contributed by atoms with Gasteiger partial charge in [-0.2, -0.15) is 0 Å². The molecule has 0 bridgehead atoms. The average molecular weight is 429 g/mol. The van der Waals surface area contributed by atoms with E-state index in [4.69, 9.17) is 14.2 Å². The van der Waals surface area contributed by atoms with Gasteiger partial charge in [0, 0.05) is 44.3 Å². The summed E-state index contributed by atoms with van der Waals surface area (Å²) in [4.78, 5) is 15.3. The van der Waals surface area contributed by atoms with Gasteiger partial charge in [-0.1, -0.05) is 6.92 Å². The fraction of sp³-hybridized carbons (Fsp3) is 0.682. The summed E-state index contributed by atoms with van der Waals surface area (Å²) >= 11 is 0. The number of hydrogen-bond donors (Lipinski definition) is 1. The Morgan fingerprint density at radius 2 is 1.97 bits per heavy atom. The van der Waals surface area contributed by atoms with Crippen molar-refractivity contribution >= 4 is 18.3 Å². The number of rotatable bonds is 11. The van der Waals surface area contributed by atoms with Crippen molar-refractivity contribution in [2.75, 3.05) is 40.0 Å². The summed E-state index contributed by atoms with van der Waals surface area (Å²) in [7, 11) is 1.68. The lowest BCUT2D eigenvalue weighted by molar-refractivity contribution is 0.0573. The Kier molecular flexibility index (Phi) is 12.0. The van der Waals surface area contributed by atoms with E-state index in [9.17, 15) is 4.79 Å². The molecular weight excluding hydrogens is 392 g/mol. The summed E-state index contributed by atoms with van der Waals surface area (Å²) in [6.45, 7) is 9.87. The Morgan fingerprint density at radius 1 is 1.21 bits per heavy atom. The van der Waals surface area contributed by atoms with Crippen molar-refractivity contribution in [3.05, 3.63) is 23.8 Å². The van der Waals surface area contributed by atoms with Gasteiger partial charge in [-0.05, 0) is 57.9 Å². The third-order valence-corrected chi connectivity index (χ3v) is 4.86. The molecule has 7 heteroatoms. The summed E-state index contributed by atoms with van der Waals surface area (Å²) in [6.07, 6.45) is 3.83. The highest BCUT2D eigenvalue weighted by Gasteiger charge is 2.28. The molecule has 2 rings (SSSR count). The normalized spacial score (nSPS) is 16.2. The largest absolute Gasteiger partial charge is 0.490 e.